The van der Waals surface area contributed by atoms with Crippen molar-refractivity contribution in [1.29, 1.82) is 0 Å². The number of esters is 4. The second-order valence-corrected chi connectivity index (χ2v) is 33.5. The van der Waals surface area contributed by atoms with E-state index in [0.717, 1.165) is 108 Å². The summed E-state index contributed by atoms with van der Waals surface area (Å²) in [6.07, 6.45) is 65.3. The van der Waals surface area contributed by atoms with Gasteiger partial charge < -0.3 is 33.8 Å². The van der Waals surface area contributed by atoms with E-state index in [4.69, 9.17) is 37.0 Å². The number of aliphatic hydroxyl groups is 1. The van der Waals surface area contributed by atoms with Crippen LogP contribution in [0.3, 0.4) is 0 Å². The van der Waals surface area contributed by atoms with Gasteiger partial charge in [0.2, 0.25) is 0 Å². The maximum Gasteiger partial charge on any atom is 0.472 e. The molecule has 0 amide bonds. The van der Waals surface area contributed by atoms with Gasteiger partial charge in [-0.15, -0.1) is 0 Å². The summed E-state index contributed by atoms with van der Waals surface area (Å²) in [4.78, 5) is 73.1. The minimum Gasteiger partial charge on any atom is -0.462 e. The zero-order valence-corrected chi connectivity index (χ0v) is 68.7. The Bertz CT molecular complexity index is 1960. The topological polar surface area (TPSA) is 237 Å². The molecule has 3 N–H and O–H groups in total. The van der Waals surface area contributed by atoms with E-state index in [1.165, 1.54) is 250 Å². The summed E-state index contributed by atoms with van der Waals surface area (Å²) in [6, 6.07) is 0. The monoisotopic (exact) mass is 1490 g/mol. The number of phosphoric acid groups is 2. The SMILES string of the molecule is CCCCCCCCCCCCCCCCCCCCCCC(=O)O[C@H](COC(=O)CCCCCCCCCCCCCCCCC(C)C)COP(=O)(O)OC[C@@H](O)COP(=O)(O)OC[C@@H](COC(=O)CCCCCCCCC(C)CC)OC(=O)CCCCCCCCCCCCCCCCC. The van der Waals surface area contributed by atoms with Crippen molar-refractivity contribution in [2.45, 2.75) is 458 Å². The Morgan fingerprint density at radius 2 is 0.500 bits per heavy atom. The average Bonchev–Trinajstić information content (AvgIpc) is 0.979. The number of carbonyl (C=O) groups is 4. The molecule has 17 nitrogen and oxygen atoms in total. The van der Waals surface area contributed by atoms with E-state index in [2.05, 4.69) is 41.5 Å². The first-order valence-corrected chi connectivity index (χ1v) is 46.0. The van der Waals surface area contributed by atoms with Gasteiger partial charge in [-0.25, -0.2) is 9.13 Å². The van der Waals surface area contributed by atoms with Crippen LogP contribution in [-0.2, 0) is 65.4 Å². The number of carbonyl (C=O) groups excluding carboxylic acids is 4. The van der Waals surface area contributed by atoms with Gasteiger partial charge in [-0.2, -0.15) is 0 Å². The van der Waals surface area contributed by atoms with Gasteiger partial charge >= 0.3 is 39.5 Å². The summed E-state index contributed by atoms with van der Waals surface area (Å²) < 4.78 is 68.8. The molecular formula is C83H162O17P2. The van der Waals surface area contributed by atoms with E-state index in [9.17, 15) is 43.2 Å². The highest BCUT2D eigenvalue weighted by Gasteiger charge is 2.30. The first-order chi connectivity index (χ1) is 49.4. The highest BCUT2D eigenvalue weighted by atomic mass is 31.2. The van der Waals surface area contributed by atoms with Crippen molar-refractivity contribution in [1.82, 2.24) is 0 Å². The molecule has 0 bridgehead atoms. The van der Waals surface area contributed by atoms with E-state index in [0.29, 0.717) is 25.7 Å². The third-order valence-corrected chi connectivity index (χ3v) is 21.7. The third kappa shape index (κ3) is 74.9. The molecule has 0 aliphatic rings. The van der Waals surface area contributed by atoms with E-state index >= 15 is 0 Å². The second-order valence-electron chi connectivity index (χ2n) is 30.6. The maximum atomic E-state index is 13.1. The summed E-state index contributed by atoms with van der Waals surface area (Å²) in [5.41, 5.74) is 0. The third-order valence-electron chi connectivity index (χ3n) is 19.8. The van der Waals surface area contributed by atoms with Crippen LogP contribution < -0.4 is 0 Å². The molecule has 0 rings (SSSR count). The summed E-state index contributed by atoms with van der Waals surface area (Å²) in [7, 11) is -9.92. The van der Waals surface area contributed by atoms with Gasteiger partial charge in [-0.3, -0.25) is 37.3 Å². The minimum absolute atomic E-state index is 0.107. The van der Waals surface area contributed by atoms with Crippen molar-refractivity contribution in [3.05, 3.63) is 0 Å². The molecule has 0 aromatic rings. The van der Waals surface area contributed by atoms with Gasteiger partial charge in [0, 0.05) is 25.7 Å². The predicted molar refractivity (Wildman–Crippen MR) is 418 cm³/mol. The molecule has 0 aliphatic carbocycles. The molecule has 0 aromatic carbocycles. The Hall–Kier alpha value is -1.94. The van der Waals surface area contributed by atoms with Crippen LogP contribution in [-0.4, -0.2) is 96.7 Å². The summed E-state index contributed by atoms with van der Waals surface area (Å²) in [5.74, 6) is -0.576. The van der Waals surface area contributed by atoms with Crippen LogP contribution in [0.15, 0.2) is 0 Å². The fraction of sp³-hybridized carbons (Fsp3) is 0.952. The number of aliphatic hydroxyl groups excluding tert-OH is 1. The molecular weight excluding hydrogens is 1330 g/mol. The molecule has 6 atom stereocenters. The highest BCUT2D eigenvalue weighted by molar-refractivity contribution is 7.47. The average molecular weight is 1490 g/mol. The van der Waals surface area contributed by atoms with Crippen molar-refractivity contribution < 1.29 is 80.2 Å². The van der Waals surface area contributed by atoms with Gasteiger partial charge in [-0.1, -0.05) is 388 Å². The van der Waals surface area contributed by atoms with Gasteiger partial charge in [0.1, 0.15) is 19.3 Å². The van der Waals surface area contributed by atoms with Crippen LogP contribution in [0.25, 0.3) is 0 Å². The van der Waals surface area contributed by atoms with Crippen LogP contribution in [0.1, 0.15) is 440 Å². The van der Waals surface area contributed by atoms with Crippen molar-refractivity contribution in [3.8, 4) is 0 Å². The molecule has 19 heteroatoms. The van der Waals surface area contributed by atoms with Crippen LogP contribution in [0, 0.1) is 11.8 Å². The van der Waals surface area contributed by atoms with Gasteiger partial charge in [0.05, 0.1) is 26.4 Å². The minimum atomic E-state index is -4.96. The van der Waals surface area contributed by atoms with E-state index in [-0.39, 0.29) is 25.7 Å². The first kappa shape index (κ1) is 100. The fourth-order valence-corrected chi connectivity index (χ4v) is 14.4. The number of hydrogen-bond donors (Lipinski definition) is 3. The molecule has 0 fully saturated rings. The smallest absolute Gasteiger partial charge is 0.462 e. The lowest BCUT2D eigenvalue weighted by atomic mass is 10.00. The van der Waals surface area contributed by atoms with Crippen molar-refractivity contribution in [2.75, 3.05) is 39.6 Å². The standard InChI is InChI=1S/C83H162O17P2/c1-7-10-12-14-16-18-20-22-24-25-26-27-28-30-36-40-44-48-56-62-67-82(87)99-78(71-93-80(85)65-59-53-46-42-38-34-32-31-33-37-41-45-51-57-63-75(4)5)73-97-101(89,90)95-69-77(84)70-96-102(91,92)98-74-79(72-94-81(86)66-60-54-50-49-52-58-64-76(6)9-3)100-83(88)68-61-55-47-43-39-35-29-23-21-19-17-15-13-11-8-2/h75-79,84H,7-74H2,1-6H3,(H,89,90)(H,91,92)/t76?,77-,78-,79-/m1/s1. The van der Waals surface area contributed by atoms with Crippen molar-refractivity contribution in [2.24, 2.45) is 11.8 Å². The predicted octanol–water partition coefficient (Wildman–Crippen LogP) is 25.1. The van der Waals surface area contributed by atoms with E-state index < -0.39 is 97.5 Å². The zero-order chi connectivity index (χ0) is 74.9. The number of ether oxygens (including phenoxy) is 4. The molecule has 0 saturated heterocycles. The molecule has 606 valence electrons. The van der Waals surface area contributed by atoms with Crippen LogP contribution >= 0.6 is 15.6 Å². The van der Waals surface area contributed by atoms with Crippen molar-refractivity contribution >= 4 is 39.5 Å². The molecule has 0 radical (unpaired) electrons. The molecule has 0 heterocycles. The van der Waals surface area contributed by atoms with Crippen LogP contribution in [0.2, 0.25) is 0 Å². The highest BCUT2D eigenvalue weighted by Crippen LogP contribution is 2.45. The van der Waals surface area contributed by atoms with Gasteiger partial charge in [0.15, 0.2) is 12.2 Å². The van der Waals surface area contributed by atoms with E-state index in [1.807, 2.05) is 0 Å². The molecule has 102 heavy (non-hydrogen) atoms. The Labute approximate surface area is 626 Å². The number of unbranched alkanes of at least 4 members (excludes halogenated alkanes) is 51. The quantitative estimate of drug-likeness (QED) is 0.0222. The molecule has 0 aromatic heterocycles. The maximum absolute atomic E-state index is 13.1. The normalized spacial score (nSPS) is 14.1. The Balaban J connectivity index is 5.24. The number of rotatable bonds is 82. The Kier molecular flexibility index (Phi) is 73.1. The Morgan fingerprint density at radius 1 is 0.284 bits per heavy atom. The van der Waals surface area contributed by atoms with Crippen LogP contribution in [0.5, 0.6) is 0 Å². The largest absolute Gasteiger partial charge is 0.472 e. The lowest BCUT2D eigenvalue weighted by molar-refractivity contribution is -0.161. The summed E-state index contributed by atoms with van der Waals surface area (Å²) >= 11 is 0. The molecule has 0 spiro atoms. The fourth-order valence-electron chi connectivity index (χ4n) is 12.9. The first-order valence-electron chi connectivity index (χ1n) is 43.0. The van der Waals surface area contributed by atoms with Crippen LogP contribution in [0.4, 0.5) is 0 Å². The van der Waals surface area contributed by atoms with Gasteiger partial charge in [-0.05, 0) is 37.5 Å². The van der Waals surface area contributed by atoms with Gasteiger partial charge in [0.25, 0.3) is 0 Å². The molecule has 0 aliphatic heterocycles. The van der Waals surface area contributed by atoms with Crippen molar-refractivity contribution in [3.63, 3.8) is 0 Å². The molecule has 3 unspecified atom stereocenters. The Morgan fingerprint density at radius 3 is 0.745 bits per heavy atom. The zero-order valence-electron chi connectivity index (χ0n) is 66.9. The molecule has 0 saturated carbocycles. The summed E-state index contributed by atoms with van der Waals surface area (Å²) in [6.45, 7) is 9.64. The number of hydrogen-bond acceptors (Lipinski definition) is 15. The lowest BCUT2D eigenvalue weighted by Gasteiger charge is -2.21. The number of phosphoric ester groups is 2. The summed E-state index contributed by atoms with van der Waals surface area (Å²) in [5, 5.41) is 10.7. The van der Waals surface area contributed by atoms with E-state index in [1.54, 1.807) is 0 Å². The second kappa shape index (κ2) is 74.5. The lowest BCUT2D eigenvalue weighted by Crippen LogP contribution is -2.30.